The van der Waals surface area contributed by atoms with E-state index in [0.717, 1.165) is 41.4 Å². The highest BCUT2D eigenvalue weighted by Gasteiger charge is 2.37. The molecule has 3 heterocycles. The Hall–Kier alpha value is -3.75. The van der Waals surface area contributed by atoms with Gasteiger partial charge in [-0.1, -0.05) is 36.9 Å². The maximum absolute atomic E-state index is 13.3. The van der Waals surface area contributed by atoms with Crippen LogP contribution in [0.5, 0.6) is 0 Å². The molecular formula is C29H33N5O3. The lowest BCUT2D eigenvalue weighted by atomic mass is 9.85. The number of rotatable bonds is 7. The number of hydrogen-bond donors (Lipinski definition) is 1. The molecule has 1 saturated heterocycles. The van der Waals surface area contributed by atoms with Crippen LogP contribution in [0.3, 0.4) is 0 Å². The van der Waals surface area contributed by atoms with Crippen molar-refractivity contribution in [2.24, 2.45) is 0 Å². The van der Waals surface area contributed by atoms with E-state index in [0.29, 0.717) is 44.0 Å². The lowest BCUT2D eigenvalue weighted by Gasteiger charge is -2.32. The van der Waals surface area contributed by atoms with Crippen molar-refractivity contribution in [1.82, 2.24) is 14.7 Å². The first-order valence-corrected chi connectivity index (χ1v) is 12.8. The molecule has 2 aromatic carbocycles. The van der Waals surface area contributed by atoms with Crippen LogP contribution < -0.4 is 10.2 Å². The Morgan fingerprint density at radius 1 is 1.14 bits per heavy atom. The predicted octanol–water partition coefficient (Wildman–Crippen LogP) is 3.90. The van der Waals surface area contributed by atoms with Gasteiger partial charge in [-0.3, -0.25) is 19.4 Å². The zero-order chi connectivity index (χ0) is 25.9. The van der Waals surface area contributed by atoms with Crippen molar-refractivity contribution in [1.29, 1.82) is 0 Å². The second-order valence-corrected chi connectivity index (χ2v) is 9.54. The molecule has 0 saturated carbocycles. The Balaban J connectivity index is 1.42. The van der Waals surface area contributed by atoms with Gasteiger partial charge < -0.3 is 10.1 Å². The van der Waals surface area contributed by atoms with Crippen LogP contribution in [0.4, 0.5) is 11.5 Å². The fourth-order valence-corrected chi connectivity index (χ4v) is 5.21. The summed E-state index contributed by atoms with van der Waals surface area (Å²) in [4.78, 5) is 30.2. The summed E-state index contributed by atoms with van der Waals surface area (Å²) in [6.45, 7) is 12.0. The number of ether oxygens (including phenoxy) is 1. The fraction of sp³-hybridized carbons (Fsp3) is 0.345. The van der Waals surface area contributed by atoms with Crippen molar-refractivity contribution in [3.63, 3.8) is 0 Å². The SMILES string of the molecule is C=C(CN1CCOCC1)C(=O)Nc1cccc([C@@H]2CC(=O)N(CC)c3c2c(C)nn3-c2ccccc2)c1. The van der Waals surface area contributed by atoms with E-state index in [1.54, 1.807) is 0 Å². The molecule has 2 aliphatic rings. The van der Waals surface area contributed by atoms with Crippen molar-refractivity contribution in [2.75, 3.05) is 49.6 Å². The minimum Gasteiger partial charge on any atom is -0.379 e. The average molecular weight is 500 g/mol. The Bertz CT molecular complexity index is 1310. The first-order valence-electron chi connectivity index (χ1n) is 12.8. The molecule has 2 amide bonds. The van der Waals surface area contributed by atoms with E-state index in [4.69, 9.17) is 9.84 Å². The third kappa shape index (κ3) is 5.08. The van der Waals surface area contributed by atoms with Crippen molar-refractivity contribution in [3.8, 4) is 5.69 Å². The summed E-state index contributed by atoms with van der Waals surface area (Å²) in [5.74, 6) is 0.525. The zero-order valence-corrected chi connectivity index (χ0v) is 21.4. The third-order valence-corrected chi connectivity index (χ3v) is 7.07. The number of carbonyl (C=O) groups is 2. The summed E-state index contributed by atoms with van der Waals surface area (Å²) in [7, 11) is 0. The molecule has 0 spiro atoms. The van der Waals surface area contributed by atoms with Gasteiger partial charge >= 0.3 is 0 Å². The van der Waals surface area contributed by atoms with Crippen LogP contribution in [0, 0.1) is 6.92 Å². The molecule has 0 bridgehead atoms. The van der Waals surface area contributed by atoms with Gasteiger partial charge in [-0.25, -0.2) is 4.68 Å². The normalized spacial score (nSPS) is 17.9. The Morgan fingerprint density at radius 2 is 1.89 bits per heavy atom. The predicted molar refractivity (Wildman–Crippen MR) is 144 cm³/mol. The lowest BCUT2D eigenvalue weighted by Crippen LogP contribution is -2.38. The molecule has 1 aromatic heterocycles. The van der Waals surface area contributed by atoms with Gasteiger partial charge in [-0.15, -0.1) is 0 Å². The van der Waals surface area contributed by atoms with E-state index in [1.165, 1.54) is 0 Å². The minimum absolute atomic E-state index is 0.0606. The fourth-order valence-electron chi connectivity index (χ4n) is 5.21. The highest BCUT2D eigenvalue weighted by molar-refractivity contribution is 6.03. The quantitative estimate of drug-likeness (QED) is 0.499. The number of nitrogens with zero attached hydrogens (tertiary/aromatic N) is 4. The summed E-state index contributed by atoms with van der Waals surface area (Å²) < 4.78 is 7.26. The number of nitrogens with one attached hydrogen (secondary N) is 1. The topological polar surface area (TPSA) is 79.7 Å². The van der Waals surface area contributed by atoms with Gasteiger partial charge in [0.15, 0.2) is 0 Å². The highest BCUT2D eigenvalue weighted by atomic mass is 16.5. The first-order chi connectivity index (χ1) is 18.0. The number of anilines is 2. The molecule has 0 radical (unpaired) electrons. The number of morpholine rings is 1. The maximum atomic E-state index is 13.3. The molecule has 192 valence electrons. The van der Waals surface area contributed by atoms with Gasteiger partial charge in [0.25, 0.3) is 5.91 Å². The van der Waals surface area contributed by atoms with E-state index < -0.39 is 0 Å². The largest absolute Gasteiger partial charge is 0.379 e. The molecule has 1 N–H and O–H groups in total. The van der Waals surface area contributed by atoms with Gasteiger partial charge in [0.2, 0.25) is 5.91 Å². The first kappa shape index (κ1) is 24.9. The molecule has 8 heteroatoms. The number of fused-ring (bicyclic) bond motifs is 1. The standard InChI is InChI=1S/C29H33N5O3/c1-4-33-26(35)18-25(27-21(3)31-34(29(27)33)24-11-6-5-7-12-24)22-9-8-10-23(17-22)30-28(36)20(2)19-32-13-15-37-16-14-32/h5-12,17,25H,2,4,13-16,18-19H2,1,3H3,(H,30,36)/t25-/m0/s1. The Kier molecular flexibility index (Phi) is 7.21. The highest BCUT2D eigenvalue weighted by Crippen LogP contribution is 2.43. The number of amides is 2. The maximum Gasteiger partial charge on any atom is 0.252 e. The lowest BCUT2D eigenvalue weighted by molar-refractivity contribution is -0.119. The molecule has 3 aromatic rings. The number of hydrogen-bond acceptors (Lipinski definition) is 5. The summed E-state index contributed by atoms with van der Waals surface area (Å²) in [5, 5.41) is 7.85. The van der Waals surface area contributed by atoms with Crippen molar-refractivity contribution in [2.45, 2.75) is 26.2 Å². The van der Waals surface area contributed by atoms with Gasteiger partial charge in [-0.2, -0.15) is 5.10 Å². The zero-order valence-electron chi connectivity index (χ0n) is 21.4. The van der Waals surface area contributed by atoms with Crippen molar-refractivity contribution >= 4 is 23.3 Å². The van der Waals surface area contributed by atoms with Crippen LogP contribution in [0.2, 0.25) is 0 Å². The smallest absolute Gasteiger partial charge is 0.252 e. The number of para-hydroxylation sites is 1. The van der Waals surface area contributed by atoms with Crippen LogP contribution in [0.1, 0.15) is 36.1 Å². The number of aromatic nitrogens is 2. The van der Waals surface area contributed by atoms with E-state index in [9.17, 15) is 9.59 Å². The Labute approximate surface area is 217 Å². The second kappa shape index (κ2) is 10.7. The molecule has 0 aliphatic carbocycles. The van der Waals surface area contributed by atoms with Crippen LogP contribution in [0.25, 0.3) is 5.69 Å². The second-order valence-electron chi connectivity index (χ2n) is 9.54. The van der Waals surface area contributed by atoms with Gasteiger partial charge in [0, 0.05) is 55.3 Å². The van der Waals surface area contributed by atoms with E-state index in [-0.39, 0.29) is 17.7 Å². The average Bonchev–Trinajstić information content (AvgIpc) is 3.26. The van der Waals surface area contributed by atoms with Gasteiger partial charge in [-0.05, 0) is 43.7 Å². The number of aryl methyl sites for hydroxylation is 1. The van der Waals surface area contributed by atoms with Crippen LogP contribution in [-0.2, 0) is 14.3 Å². The molecule has 5 rings (SSSR count). The van der Waals surface area contributed by atoms with Gasteiger partial charge in [0.1, 0.15) is 5.82 Å². The molecule has 2 aliphatic heterocycles. The summed E-state index contributed by atoms with van der Waals surface area (Å²) >= 11 is 0. The van der Waals surface area contributed by atoms with E-state index in [2.05, 4.69) is 16.8 Å². The van der Waals surface area contributed by atoms with Crippen molar-refractivity contribution < 1.29 is 14.3 Å². The molecule has 1 atom stereocenters. The molecule has 1 fully saturated rings. The Morgan fingerprint density at radius 3 is 2.62 bits per heavy atom. The molecule has 0 unspecified atom stereocenters. The summed E-state index contributed by atoms with van der Waals surface area (Å²) in [6, 6.07) is 17.7. The van der Waals surface area contributed by atoms with Crippen molar-refractivity contribution in [3.05, 3.63) is 83.6 Å². The van der Waals surface area contributed by atoms with Crippen LogP contribution in [-0.4, -0.2) is 65.9 Å². The minimum atomic E-state index is -0.200. The molecule has 8 nitrogen and oxygen atoms in total. The van der Waals surface area contributed by atoms with Gasteiger partial charge in [0.05, 0.1) is 24.6 Å². The number of benzene rings is 2. The van der Waals surface area contributed by atoms with E-state index >= 15 is 0 Å². The number of carbonyl (C=O) groups excluding carboxylic acids is 2. The van der Waals surface area contributed by atoms with E-state index in [1.807, 2.05) is 78.0 Å². The molecular weight excluding hydrogens is 466 g/mol. The summed E-state index contributed by atoms with van der Waals surface area (Å²) in [6.07, 6.45) is 0.350. The van der Waals surface area contributed by atoms with Crippen LogP contribution >= 0.6 is 0 Å². The molecule has 37 heavy (non-hydrogen) atoms. The summed E-state index contributed by atoms with van der Waals surface area (Å²) in [5.41, 5.74) is 5.02. The monoisotopic (exact) mass is 499 g/mol. The van der Waals surface area contributed by atoms with Crippen LogP contribution in [0.15, 0.2) is 66.7 Å². The third-order valence-electron chi connectivity index (χ3n) is 7.07.